The highest BCUT2D eigenvalue weighted by Gasteiger charge is 2.02. The quantitative estimate of drug-likeness (QED) is 0.645. The Balaban J connectivity index is 4.31. The van der Waals surface area contributed by atoms with E-state index in [1.54, 1.807) is 0 Å². The number of hydrogen-bond acceptors (Lipinski definition) is 1. The van der Waals surface area contributed by atoms with Crippen LogP contribution in [0.3, 0.4) is 0 Å². The van der Waals surface area contributed by atoms with Crippen molar-refractivity contribution in [2.75, 3.05) is 6.54 Å². The molecule has 0 aromatic heterocycles. The molecule has 0 amide bonds. The SMILES string of the molecule is C=C(CC(C)C)/C(=C\C=C/C)CN. The van der Waals surface area contributed by atoms with Crippen molar-refractivity contribution < 1.29 is 0 Å². The molecule has 0 aliphatic rings. The molecule has 0 saturated heterocycles. The lowest BCUT2D eigenvalue weighted by Crippen LogP contribution is -2.06. The van der Waals surface area contributed by atoms with Crippen LogP contribution in [0.5, 0.6) is 0 Å². The first-order chi connectivity index (χ1) is 6.11. The highest BCUT2D eigenvalue weighted by Crippen LogP contribution is 2.16. The lowest BCUT2D eigenvalue weighted by Gasteiger charge is -2.10. The molecule has 0 radical (unpaired) electrons. The van der Waals surface area contributed by atoms with E-state index in [4.69, 9.17) is 5.73 Å². The van der Waals surface area contributed by atoms with Crippen LogP contribution in [-0.4, -0.2) is 6.54 Å². The van der Waals surface area contributed by atoms with E-state index in [0.29, 0.717) is 12.5 Å². The maximum absolute atomic E-state index is 5.63. The lowest BCUT2D eigenvalue weighted by molar-refractivity contribution is 0.645. The van der Waals surface area contributed by atoms with Gasteiger partial charge in [0.25, 0.3) is 0 Å². The molecule has 74 valence electrons. The summed E-state index contributed by atoms with van der Waals surface area (Å²) in [5.41, 5.74) is 7.95. The van der Waals surface area contributed by atoms with Gasteiger partial charge in [0, 0.05) is 6.54 Å². The Hall–Kier alpha value is -0.820. The summed E-state index contributed by atoms with van der Waals surface area (Å²) in [6.07, 6.45) is 7.08. The average molecular weight is 179 g/mol. The number of rotatable bonds is 5. The molecule has 0 spiro atoms. The number of allylic oxidation sites excluding steroid dienone is 3. The molecule has 0 aromatic carbocycles. The van der Waals surface area contributed by atoms with Crippen molar-refractivity contribution in [3.8, 4) is 0 Å². The highest BCUT2D eigenvalue weighted by atomic mass is 14.5. The monoisotopic (exact) mass is 179 g/mol. The molecule has 0 heterocycles. The van der Waals surface area contributed by atoms with Crippen LogP contribution in [0.1, 0.15) is 27.2 Å². The van der Waals surface area contributed by atoms with Crippen molar-refractivity contribution in [1.82, 2.24) is 0 Å². The molecule has 0 saturated carbocycles. The van der Waals surface area contributed by atoms with Gasteiger partial charge < -0.3 is 5.73 Å². The van der Waals surface area contributed by atoms with Gasteiger partial charge in [-0.05, 0) is 24.8 Å². The summed E-state index contributed by atoms with van der Waals surface area (Å²) in [7, 11) is 0. The Bertz CT molecular complexity index is 209. The fraction of sp³-hybridized carbons (Fsp3) is 0.500. The first-order valence-electron chi connectivity index (χ1n) is 4.81. The zero-order chi connectivity index (χ0) is 10.3. The van der Waals surface area contributed by atoms with Gasteiger partial charge in [-0.3, -0.25) is 0 Å². The summed E-state index contributed by atoms with van der Waals surface area (Å²) < 4.78 is 0. The van der Waals surface area contributed by atoms with Crippen LogP contribution >= 0.6 is 0 Å². The Kier molecular flexibility index (Phi) is 6.25. The molecule has 0 fully saturated rings. The first kappa shape index (κ1) is 12.2. The van der Waals surface area contributed by atoms with E-state index in [1.807, 2.05) is 25.2 Å². The van der Waals surface area contributed by atoms with Gasteiger partial charge >= 0.3 is 0 Å². The Morgan fingerprint density at radius 2 is 2.08 bits per heavy atom. The van der Waals surface area contributed by atoms with Crippen LogP contribution in [0.25, 0.3) is 0 Å². The highest BCUT2D eigenvalue weighted by molar-refractivity contribution is 5.32. The third kappa shape index (κ3) is 5.42. The molecular weight excluding hydrogens is 158 g/mol. The molecule has 0 aromatic rings. The van der Waals surface area contributed by atoms with Crippen LogP contribution in [0, 0.1) is 5.92 Å². The van der Waals surface area contributed by atoms with Crippen molar-refractivity contribution in [3.05, 3.63) is 36.0 Å². The van der Waals surface area contributed by atoms with Crippen molar-refractivity contribution in [2.24, 2.45) is 11.7 Å². The third-order valence-corrected chi connectivity index (χ3v) is 1.82. The zero-order valence-electron chi connectivity index (χ0n) is 9.01. The molecule has 0 atom stereocenters. The second-order valence-electron chi connectivity index (χ2n) is 3.62. The van der Waals surface area contributed by atoms with Crippen molar-refractivity contribution in [3.63, 3.8) is 0 Å². The van der Waals surface area contributed by atoms with Gasteiger partial charge in [-0.1, -0.05) is 44.2 Å². The Morgan fingerprint density at radius 1 is 1.46 bits per heavy atom. The van der Waals surface area contributed by atoms with Crippen LogP contribution in [0.2, 0.25) is 0 Å². The van der Waals surface area contributed by atoms with Crippen molar-refractivity contribution in [2.45, 2.75) is 27.2 Å². The largest absolute Gasteiger partial charge is 0.326 e. The van der Waals surface area contributed by atoms with Gasteiger partial charge in [-0.2, -0.15) is 0 Å². The lowest BCUT2D eigenvalue weighted by atomic mass is 9.97. The Morgan fingerprint density at radius 3 is 2.46 bits per heavy atom. The minimum absolute atomic E-state index is 0.579. The first-order valence-corrected chi connectivity index (χ1v) is 4.81. The third-order valence-electron chi connectivity index (χ3n) is 1.82. The summed E-state index contributed by atoms with van der Waals surface area (Å²) in [6.45, 7) is 11.0. The molecule has 0 aliphatic carbocycles. The molecule has 0 bridgehead atoms. The minimum atomic E-state index is 0.579. The summed E-state index contributed by atoms with van der Waals surface area (Å²) in [6, 6.07) is 0. The van der Waals surface area contributed by atoms with Gasteiger partial charge in [0.1, 0.15) is 0 Å². The molecule has 2 N–H and O–H groups in total. The molecule has 0 unspecified atom stereocenters. The molecule has 1 nitrogen and oxygen atoms in total. The average Bonchev–Trinajstić information content (AvgIpc) is 2.04. The van der Waals surface area contributed by atoms with E-state index < -0.39 is 0 Å². The summed E-state index contributed by atoms with van der Waals surface area (Å²) >= 11 is 0. The predicted octanol–water partition coefficient (Wildman–Crippen LogP) is 3.05. The van der Waals surface area contributed by atoms with E-state index in [0.717, 1.165) is 17.6 Å². The molecular formula is C12H21N. The van der Waals surface area contributed by atoms with Gasteiger partial charge in [-0.15, -0.1) is 0 Å². The normalized spacial score (nSPS) is 12.8. The smallest absolute Gasteiger partial charge is 0.0180 e. The number of hydrogen-bond donors (Lipinski definition) is 1. The maximum atomic E-state index is 5.63. The van der Waals surface area contributed by atoms with E-state index in [2.05, 4.69) is 20.4 Å². The van der Waals surface area contributed by atoms with Crippen LogP contribution in [0.4, 0.5) is 0 Å². The van der Waals surface area contributed by atoms with Crippen LogP contribution in [-0.2, 0) is 0 Å². The number of nitrogens with two attached hydrogens (primary N) is 1. The van der Waals surface area contributed by atoms with E-state index in [1.165, 1.54) is 0 Å². The topological polar surface area (TPSA) is 26.0 Å². The zero-order valence-corrected chi connectivity index (χ0v) is 9.01. The van der Waals surface area contributed by atoms with Crippen LogP contribution in [0.15, 0.2) is 36.0 Å². The molecule has 0 aliphatic heterocycles. The van der Waals surface area contributed by atoms with Crippen molar-refractivity contribution >= 4 is 0 Å². The predicted molar refractivity (Wildman–Crippen MR) is 60.5 cm³/mol. The summed E-state index contributed by atoms with van der Waals surface area (Å²) in [5.74, 6) is 0.646. The van der Waals surface area contributed by atoms with Gasteiger partial charge in [-0.25, -0.2) is 0 Å². The molecule has 13 heavy (non-hydrogen) atoms. The standard InChI is InChI=1S/C12H21N/c1-5-6-7-12(9-13)11(4)8-10(2)3/h5-7,10H,4,8-9,13H2,1-3H3/b6-5-,12-7-. The summed E-state index contributed by atoms with van der Waals surface area (Å²) in [4.78, 5) is 0. The van der Waals surface area contributed by atoms with Gasteiger partial charge in [0.05, 0.1) is 0 Å². The Labute approximate surface area is 82.0 Å². The van der Waals surface area contributed by atoms with E-state index in [-0.39, 0.29) is 0 Å². The van der Waals surface area contributed by atoms with Crippen molar-refractivity contribution in [1.29, 1.82) is 0 Å². The molecule has 0 rings (SSSR count). The minimum Gasteiger partial charge on any atom is -0.326 e. The van der Waals surface area contributed by atoms with Gasteiger partial charge in [0.2, 0.25) is 0 Å². The second kappa shape index (κ2) is 6.67. The molecule has 1 heteroatoms. The second-order valence-corrected chi connectivity index (χ2v) is 3.62. The van der Waals surface area contributed by atoms with E-state index in [9.17, 15) is 0 Å². The van der Waals surface area contributed by atoms with Crippen LogP contribution < -0.4 is 5.73 Å². The fourth-order valence-corrected chi connectivity index (χ4v) is 1.17. The van der Waals surface area contributed by atoms with E-state index >= 15 is 0 Å². The fourth-order valence-electron chi connectivity index (χ4n) is 1.17. The van der Waals surface area contributed by atoms with Gasteiger partial charge in [0.15, 0.2) is 0 Å². The summed E-state index contributed by atoms with van der Waals surface area (Å²) in [5, 5.41) is 0. The maximum Gasteiger partial charge on any atom is 0.0180 e.